The third-order valence-corrected chi connectivity index (χ3v) is 2.89. The highest BCUT2D eigenvalue weighted by Crippen LogP contribution is 2.13. The minimum atomic E-state index is -0.301. The van der Waals surface area contributed by atoms with E-state index in [4.69, 9.17) is 5.73 Å². The number of rotatable bonds is 10. The van der Waals surface area contributed by atoms with Gasteiger partial charge < -0.3 is 21.3 Å². The maximum atomic E-state index is 10.7. The molecule has 1 heterocycles. The number of hydrogen-bond acceptors (Lipinski definition) is 7. The van der Waals surface area contributed by atoms with E-state index in [9.17, 15) is 4.79 Å². The van der Waals surface area contributed by atoms with Gasteiger partial charge in [-0.15, -0.1) is 0 Å². The zero-order valence-corrected chi connectivity index (χ0v) is 13.0. The van der Waals surface area contributed by atoms with Crippen LogP contribution in [0.2, 0.25) is 0 Å². The number of nitrogens with one attached hydrogen (secondary N) is 2. The van der Waals surface area contributed by atoms with Crippen LogP contribution in [-0.4, -0.2) is 47.0 Å². The summed E-state index contributed by atoms with van der Waals surface area (Å²) in [5.74, 6) is 1.40. The molecule has 0 aromatic carbocycles. The molecule has 0 atom stereocenters. The molecule has 0 radical (unpaired) electrons. The summed E-state index contributed by atoms with van der Waals surface area (Å²) in [5.41, 5.74) is 5.11. The van der Waals surface area contributed by atoms with Crippen LogP contribution in [0.15, 0.2) is 0 Å². The molecular weight excluding hydrogens is 270 g/mol. The van der Waals surface area contributed by atoms with Crippen LogP contribution in [0, 0.1) is 0 Å². The lowest BCUT2D eigenvalue weighted by atomic mass is 10.3. The lowest BCUT2D eigenvalue weighted by Crippen LogP contribution is -2.25. The van der Waals surface area contributed by atoms with Crippen LogP contribution >= 0.6 is 0 Å². The van der Waals surface area contributed by atoms with Crippen LogP contribution in [0.1, 0.15) is 33.6 Å². The predicted molar refractivity (Wildman–Crippen MR) is 84.5 cm³/mol. The molecule has 0 unspecified atom stereocenters. The molecule has 0 fully saturated rings. The van der Waals surface area contributed by atoms with E-state index in [1.54, 1.807) is 0 Å². The van der Waals surface area contributed by atoms with Crippen LogP contribution in [0.5, 0.6) is 0 Å². The Morgan fingerprint density at radius 3 is 2.24 bits per heavy atom. The lowest BCUT2D eigenvalue weighted by Gasteiger charge is -2.19. The molecule has 1 rings (SSSR count). The van der Waals surface area contributed by atoms with Gasteiger partial charge in [0.25, 0.3) is 0 Å². The Morgan fingerprint density at radius 1 is 1.10 bits per heavy atom. The second-order valence-corrected chi connectivity index (χ2v) is 4.48. The molecular formula is C13H25N7O. The largest absolute Gasteiger partial charge is 0.370 e. The van der Waals surface area contributed by atoms with E-state index >= 15 is 0 Å². The minimum absolute atomic E-state index is 0.301. The number of amides is 1. The Morgan fingerprint density at radius 2 is 1.71 bits per heavy atom. The SMILES string of the molecule is CCNc1nc(NCCCC(N)=O)nc(N(CC)CC)n1. The van der Waals surface area contributed by atoms with Crippen molar-refractivity contribution in [3.05, 3.63) is 0 Å². The molecule has 118 valence electrons. The first kappa shape index (κ1) is 16.9. The number of nitrogens with two attached hydrogens (primary N) is 1. The normalized spacial score (nSPS) is 10.2. The van der Waals surface area contributed by atoms with Gasteiger partial charge in [-0.25, -0.2) is 0 Å². The molecule has 8 nitrogen and oxygen atoms in total. The molecule has 0 aliphatic carbocycles. The topological polar surface area (TPSA) is 109 Å². The van der Waals surface area contributed by atoms with Crippen molar-refractivity contribution < 1.29 is 4.79 Å². The Bertz CT molecular complexity index is 448. The number of primary amides is 1. The molecule has 4 N–H and O–H groups in total. The zero-order valence-electron chi connectivity index (χ0n) is 13.0. The quantitative estimate of drug-likeness (QED) is 0.548. The van der Waals surface area contributed by atoms with Crippen LogP contribution < -0.4 is 21.3 Å². The first-order valence-corrected chi connectivity index (χ1v) is 7.37. The molecule has 0 aliphatic heterocycles. The van der Waals surface area contributed by atoms with Gasteiger partial charge in [0.15, 0.2) is 0 Å². The van der Waals surface area contributed by atoms with Crippen molar-refractivity contribution in [2.45, 2.75) is 33.6 Å². The fourth-order valence-corrected chi connectivity index (χ4v) is 1.79. The number of carbonyl (C=O) groups is 1. The first-order chi connectivity index (χ1) is 10.1. The number of carbonyl (C=O) groups excluding carboxylic acids is 1. The van der Waals surface area contributed by atoms with Crippen molar-refractivity contribution in [2.75, 3.05) is 41.7 Å². The van der Waals surface area contributed by atoms with E-state index < -0.39 is 0 Å². The van der Waals surface area contributed by atoms with Crippen molar-refractivity contribution in [3.63, 3.8) is 0 Å². The van der Waals surface area contributed by atoms with E-state index in [-0.39, 0.29) is 5.91 Å². The summed E-state index contributed by atoms with van der Waals surface area (Å²) in [4.78, 5) is 25.9. The second-order valence-electron chi connectivity index (χ2n) is 4.48. The summed E-state index contributed by atoms with van der Waals surface area (Å²) in [5, 5.41) is 6.20. The van der Waals surface area contributed by atoms with E-state index in [1.807, 2.05) is 6.92 Å². The molecule has 0 bridgehead atoms. The van der Waals surface area contributed by atoms with Gasteiger partial charge in [-0.3, -0.25) is 4.79 Å². The van der Waals surface area contributed by atoms with Gasteiger partial charge in [-0.05, 0) is 27.2 Å². The van der Waals surface area contributed by atoms with Crippen LogP contribution in [0.4, 0.5) is 17.8 Å². The number of aromatic nitrogens is 3. The highest BCUT2D eigenvalue weighted by molar-refractivity contribution is 5.73. The molecule has 1 amide bonds. The molecule has 21 heavy (non-hydrogen) atoms. The number of nitrogens with zero attached hydrogens (tertiary/aromatic N) is 4. The smallest absolute Gasteiger partial charge is 0.231 e. The Hall–Kier alpha value is -2.12. The van der Waals surface area contributed by atoms with Gasteiger partial charge in [0.2, 0.25) is 23.8 Å². The van der Waals surface area contributed by atoms with Crippen LogP contribution in [-0.2, 0) is 4.79 Å². The second kappa shape index (κ2) is 8.93. The Kier molecular flexibility index (Phi) is 7.20. The molecule has 1 aromatic heterocycles. The molecule has 0 saturated heterocycles. The minimum Gasteiger partial charge on any atom is -0.370 e. The number of anilines is 3. The van der Waals surface area contributed by atoms with Crippen molar-refractivity contribution in [2.24, 2.45) is 5.73 Å². The van der Waals surface area contributed by atoms with Gasteiger partial charge in [-0.1, -0.05) is 0 Å². The monoisotopic (exact) mass is 295 g/mol. The van der Waals surface area contributed by atoms with E-state index in [0.29, 0.717) is 37.2 Å². The van der Waals surface area contributed by atoms with E-state index in [2.05, 4.69) is 44.3 Å². The van der Waals surface area contributed by atoms with Crippen LogP contribution in [0.25, 0.3) is 0 Å². The first-order valence-electron chi connectivity index (χ1n) is 7.37. The highest BCUT2D eigenvalue weighted by atomic mass is 16.1. The molecule has 1 aromatic rings. The van der Waals surface area contributed by atoms with Gasteiger partial charge in [0.1, 0.15) is 0 Å². The summed E-state index contributed by atoms with van der Waals surface area (Å²) in [7, 11) is 0. The van der Waals surface area contributed by atoms with Gasteiger partial charge in [0, 0.05) is 32.6 Å². The average molecular weight is 295 g/mol. The Balaban J connectivity index is 2.78. The molecule has 0 spiro atoms. The highest BCUT2D eigenvalue weighted by Gasteiger charge is 2.10. The van der Waals surface area contributed by atoms with Crippen LogP contribution in [0.3, 0.4) is 0 Å². The lowest BCUT2D eigenvalue weighted by molar-refractivity contribution is -0.118. The zero-order chi connectivity index (χ0) is 15.7. The molecule has 0 saturated carbocycles. The fraction of sp³-hybridized carbons (Fsp3) is 0.692. The van der Waals surface area contributed by atoms with Gasteiger partial charge in [0.05, 0.1) is 0 Å². The van der Waals surface area contributed by atoms with Gasteiger partial charge >= 0.3 is 0 Å². The van der Waals surface area contributed by atoms with Crippen molar-refractivity contribution in [1.29, 1.82) is 0 Å². The van der Waals surface area contributed by atoms with Crippen molar-refractivity contribution in [3.8, 4) is 0 Å². The third kappa shape index (κ3) is 5.80. The molecule has 8 heteroatoms. The summed E-state index contributed by atoms with van der Waals surface area (Å²) < 4.78 is 0. The standard InChI is InChI=1S/C13H25N7O/c1-4-15-11-17-12(16-9-7-8-10(14)21)19-13(18-11)20(5-2)6-3/h4-9H2,1-3H3,(H2,14,21)(H2,15,16,17,18,19). The maximum Gasteiger partial charge on any atom is 0.231 e. The summed E-state index contributed by atoms with van der Waals surface area (Å²) in [6.07, 6.45) is 0.999. The summed E-state index contributed by atoms with van der Waals surface area (Å²) in [6.45, 7) is 9.08. The molecule has 0 aliphatic rings. The summed E-state index contributed by atoms with van der Waals surface area (Å²) in [6, 6.07) is 0. The number of hydrogen-bond donors (Lipinski definition) is 3. The Labute approximate surface area is 125 Å². The van der Waals surface area contributed by atoms with Crippen molar-refractivity contribution >= 4 is 23.8 Å². The van der Waals surface area contributed by atoms with Gasteiger partial charge in [-0.2, -0.15) is 15.0 Å². The van der Waals surface area contributed by atoms with E-state index in [1.165, 1.54) is 0 Å². The average Bonchev–Trinajstić information content (AvgIpc) is 2.45. The third-order valence-electron chi connectivity index (χ3n) is 2.89. The maximum absolute atomic E-state index is 10.7. The van der Waals surface area contributed by atoms with Crippen molar-refractivity contribution in [1.82, 2.24) is 15.0 Å². The fourth-order valence-electron chi connectivity index (χ4n) is 1.79. The van der Waals surface area contributed by atoms with E-state index in [0.717, 1.165) is 19.6 Å². The predicted octanol–water partition coefficient (Wildman–Crippen LogP) is 0.827. The summed E-state index contributed by atoms with van der Waals surface area (Å²) >= 11 is 0.